The first kappa shape index (κ1) is 65.6. The van der Waals surface area contributed by atoms with Gasteiger partial charge < -0.3 is 35.1 Å². The Labute approximate surface area is 482 Å². The Morgan fingerprint density at radius 1 is 0.687 bits per heavy atom. The largest absolute Gasteiger partial charge is 0.481 e. The number of carboxylic acid groups (broad SMARTS) is 2. The van der Waals surface area contributed by atoms with Crippen LogP contribution in [0.3, 0.4) is 0 Å². The highest BCUT2D eigenvalue weighted by molar-refractivity contribution is 7.92. The summed E-state index contributed by atoms with van der Waals surface area (Å²) in [7, 11) is -4.11. The van der Waals surface area contributed by atoms with Crippen molar-refractivity contribution in [2.45, 2.75) is 90.1 Å². The highest BCUT2D eigenvalue weighted by atomic mass is 32.2. The van der Waals surface area contributed by atoms with E-state index >= 15 is 0 Å². The summed E-state index contributed by atoms with van der Waals surface area (Å²) in [5.41, 5.74) is 6.92. The lowest BCUT2D eigenvalue weighted by molar-refractivity contribution is -0.139. The number of nitrogens with zero attached hydrogens (tertiary/aromatic N) is 7. The van der Waals surface area contributed by atoms with Crippen molar-refractivity contribution in [1.82, 2.24) is 29.5 Å². The quantitative estimate of drug-likeness (QED) is 0.0414. The molecule has 0 radical (unpaired) electrons. The summed E-state index contributed by atoms with van der Waals surface area (Å²) in [6.45, 7) is 7.90. The molecule has 4 heterocycles. The molecule has 23 heteroatoms. The number of nitrogens with one attached hydrogen (secondary N) is 1. The van der Waals surface area contributed by atoms with E-state index < -0.39 is 62.5 Å². The van der Waals surface area contributed by atoms with Crippen LogP contribution in [0, 0.1) is 11.6 Å². The number of aromatic nitrogens is 6. The van der Waals surface area contributed by atoms with Crippen molar-refractivity contribution in [1.29, 1.82) is 0 Å². The molecule has 0 saturated heterocycles. The maximum atomic E-state index is 13.5. The number of benzene rings is 4. The molecular formula is C60H70F2N8O11S2. The van der Waals surface area contributed by atoms with Crippen LogP contribution >= 0.6 is 0 Å². The molecule has 3 atom stereocenters. The van der Waals surface area contributed by atoms with Crippen LogP contribution in [0.25, 0.3) is 56.3 Å². The number of para-hydroxylation sites is 2. The smallest absolute Gasteiger partial charge is 0.305 e. The first-order valence-electron chi connectivity index (χ1n) is 26.2. The Morgan fingerprint density at radius 3 is 1.82 bits per heavy atom. The van der Waals surface area contributed by atoms with Crippen LogP contribution < -0.4 is 8.61 Å². The summed E-state index contributed by atoms with van der Waals surface area (Å²) in [5, 5.41) is 50.1. The fourth-order valence-corrected chi connectivity index (χ4v) is 9.10. The predicted octanol–water partition coefficient (Wildman–Crippen LogP) is 10.1. The Kier molecular flexibility index (Phi) is 23.9. The van der Waals surface area contributed by atoms with Gasteiger partial charge in [0.25, 0.3) is 0 Å². The Morgan fingerprint density at radius 2 is 1.25 bits per heavy atom. The van der Waals surface area contributed by atoms with Crippen LogP contribution in [0.15, 0.2) is 140 Å². The number of sulfonamides is 2. The maximum absolute atomic E-state index is 13.5. The van der Waals surface area contributed by atoms with E-state index in [1.807, 2.05) is 56.4 Å². The molecule has 8 aromatic rings. The van der Waals surface area contributed by atoms with Crippen LogP contribution in [0.1, 0.15) is 88.7 Å². The number of halogens is 2. The number of fused-ring (bicyclic) bond motifs is 2. The zero-order valence-electron chi connectivity index (χ0n) is 47.2. The van der Waals surface area contributed by atoms with Crippen molar-refractivity contribution in [3.8, 4) is 22.4 Å². The molecule has 0 aliphatic rings. The summed E-state index contributed by atoms with van der Waals surface area (Å²) >= 11 is 0. The Bertz CT molecular complexity index is 3680. The minimum atomic E-state index is -3.62. The monoisotopic (exact) mass is 1180 g/mol. The molecular weight excluding hydrogens is 1110 g/mol. The van der Waals surface area contributed by atoms with Crippen molar-refractivity contribution < 1.29 is 60.7 Å². The number of anilines is 2. The summed E-state index contributed by atoms with van der Waals surface area (Å²) < 4.78 is 77.2. The molecule has 0 unspecified atom stereocenters. The fourth-order valence-electron chi connectivity index (χ4n) is 8.33. The average molecular weight is 1180 g/mol. The lowest BCUT2D eigenvalue weighted by atomic mass is 9.97. The number of aliphatic hydroxyl groups is 3. The summed E-state index contributed by atoms with van der Waals surface area (Å²) in [6.07, 6.45) is 10.6. The van der Waals surface area contributed by atoms with E-state index in [0.29, 0.717) is 28.9 Å². The fraction of sp³-hybridized carbons (Fsp3) is 0.300. The van der Waals surface area contributed by atoms with Crippen LogP contribution in [-0.4, -0.2) is 129 Å². The zero-order valence-corrected chi connectivity index (χ0v) is 48.9. The third kappa shape index (κ3) is 19.5. The van der Waals surface area contributed by atoms with Crippen molar-refractivity contribution in [2.75, 3.05) is 35.2 Å². The number of hydrogen-bond donors (Lipinski definition) is 6. The lowest BCUT2D eigenvalue weighted by Crippen LogP contribution is -2.27. The molecule has 0 spiro atoms. The highest BCUT2D eigenvalue weighted by Gasteiger charge is 2.24. The van der Waals surface area contributed by atoms with Crippen LogP contribution in [0.4, 0.5) is 20.7 Å². The number of hydrogen-bond acceptors (Lipinski definition) is 13. The third-order valence-electron chi connectivity index (χ3n) is 12.6. The van der Waals surface area contributed by atoms with Gasteiger partial charge in [0.15, 0.2) is 0 Å². The van der Waals surface area contributed by atoms with E-state index in [-0.39, 0.29) is 48.9 Å². The Hall–Kier alpha value is -8.22. The van der Waals surface area contributed by atoms with Crippen LogP contribution in [0.2, 0.25) is 0 Å². The van der Waals surface area contributed by atoms with Crippen LogP contribution in [0.5, 0.6) is 0 Å². The average Bonchev–Trinajstić information content (AvgIpc) is 2.52. The molecule has 4 aromatic carbocycles. The molecule has 83 heavy (non-hydrogen) atoms. The molecule has 19 nitrogen and oxygen atoms in total. The molecule has 0 fully saturated rings. The second-order valence-corrected chi connectivity index (χ2v) is 23.8. The highest BCUT2D eigenvalue weighted by Crippen LogP contribution is 2.38. The zero-order chi connectivity index (χ0) is 61.2. The molecule has 8 rings (SSSR count). The van der Waals surface area contributed by atoms with E-state index in [4.69, 9.17) is 10.2 Å². The predicted molar refractivity (Wildman–Crippen MR) is 321 cm³/mol. The topological polar surface area (TPSA) is 282 Å². The van der Waals surface area contributed by atoms with E-state index in [1.165, 1.54) is 79.9 Å². The van der Waals surface area contributed by atoms with Crippen molar-refractivity contribution >= 4 is 77.8 Å². The van der Waals surface area contributed by atoms with Gasteiger partial charge in [0.1, 0.15) is 11.6 Å². The summed E-state index contributed by atoms with van der Waals surface area (Å²) in [4.78, 5) is 41.0. The van der Waals surface area contributed by atoms with Crippen molar-refractivity contribution in [3.63, 3.8) is 0 Å². The van der Waals surface area contributed by atoms with Gasteiger partial charge in [-0.25, -0.2) is 54.2 Å². The number of carboxylic acids is 2. The summed E-state index contributed by atoms with van der Waals surface area (Å²) in [5.74, 6) is -2.74. The molecule has 442 valence electrons. The lowest BCUT2D eigenvalue weighted by Gasteiger charge is -2.20. The van der Waals surface area contributed by atoms with Gasteiger partial charge in [0.2, 0.25) is 31.9 Å². The van der Waals surface area contributed by atoms with Gasteiger partial charge in [-0.1, -0.05) is 80.6 Å². The molecule has 0 saturated carbocycles. The van der Waals surface area contributed by atoms with E-state index in [0.717, 1.165) is 48.8 Å². The van der Waals surface area contributed by atoms with Gasteiger partial charge in [-0.3, -0.25) is 9.59 Å². The molecule has 0 bridgehead atoms. The number of aromatic amines is 1. The van der Waals surface area contributed by atoms with Crippen molar-refractivity contribution in [3.05, 3.63) is 169 Å². The molecule has 0 aliphatic heterocycles. The number of aliphatic carboxylic acids is 2. The second-order valence-electron chi connectivity index (χ2n) is 19.8. The Balaban J connectivity index is 0.000000225. The summed E-state index contributed by atoms with van der Waals surface area (Å²) in [6, 6.07) is 31.9. The second kappa shape index (κ2) is 30.2. The van der Waals surface area contributed by atoms with Gasteiger partial charge in [0.05, 0.1) is 48.6 Å². The molecule has 6 N–H and O–H groups in total. The van der Waals surface area contributed by atoms with Gasteiger partial charge in [-0.2, -0.15) is 0 Å². The number of aliphatic hydroxyl groups excluding tert-OH is 3. The normalized spacial score (nSPS) is 12.8. The first-order chi connectivity index (χ1) is 39.2. The molecule has 0 aliphatic carbocycles. The van der Waals surface area contributed by atoms with Crippen LogP contribution in [-0.2, 0) is 29.6 Å². The van der Waals surface area contributed by atoms with Crippen molar-refractivity contribution in [2.24, 2.45) is 0 Å². The van der Waals surface area contributed by atoms with Gasteiger partial charge in [0, 0.05) is 90.4 Å². The van der Waals surface area contributed by atoms with Gasteiger partial charge in [-0.05, 0) is 110 Å². The van der Waals surface area contributed by atoms with E-state index in [1.54, 1.807) is 36.4 Å². The SMILES string of the molecule is CC(C)c1nc(N(C)S(C)(=O)=O)nc(-c2ccc(F)cc2)c1/C=C/[C@@H](O)CCCC(=O)O.CC(C)n1c(/C=C/[C@@H](O)C[C@@H](O)CC(=O)O)c(-c2ccc(F)cc2)c2ccccc21.CN(c1ncccn1)S(C)(=O)=O.c1ccc2[nH]ccc2c1. The minimum absolute atomic E-state index is 0.0188. The molecule has 0 amide bonds. The standard InChI is InChI=1S/C24H26FNO4.C22H28FN3O5S.C8H7N.C6H9N3O2S/c1-15(2)26-21-6-4-3-5-20(21)24(16-7-9-17(25)10-8-16)22(26)12-11-18(27)13-19(28)14-23(29)30;1-14(2)20-18(13-12-17(27)6-5-7-19(28)29)21(15-8-10-16(23)11-9-15)25-22(24-20)26(3)32(4,30)31;1-2-4-8-7(3-1)5-6-9-8;1-9(12(2,10)11)6-7-4-3-5-8-6/h3-12,15,18-19,27-28H,13-14H2,1-2H3,(H,29,30);8-14,17,27H,5-7H2,1-4H3,(H,28,29);1-6,9H;3-5H,1-2H3/b12-11+;13-12+;;/t18-,19-;17-;;/m10../s1. The number of carbonyl (C=O) groups is 2. The van der Waals surface area contributed by atoms with E-state index in [2.05, 4.69) is 61.5 Å². The minimum Gasteiger partial charge on any atom is -0.481 e. The third-order valence-corrected chi connectivity index (χ3v) is 14.9. The maximum Gasteiger partial charge on any atom is 0.305 e. The van der Waals surface area contributed by atoms with E-state index in [9.17, 15) is 50.5 Å². The molecule has 4 aromatic heterocycles. The number of H-pyrrole nitrogens is 1. The first-order valence-corrected chi connectivity index (χ1v) is 29.9. The van der Waals surface area contributed by atoms with Gasteiger partial charge >= 0.3 is 11.9 Å². The number of rotatable bonds is 20. The van der Waals surface area contributed by atoms with Gasteiger partial charge in [-0.15, -0.1) is 0 Å².